The number of aromatic nitrogens is 2. The molecule has 2 unspecified atom stereocenters. The Labute approximate surface area is 219 Å². The highest BCUT2D eigenvalue weighted by Crippen LogP contribution is 2.40. The Kier molecular flexibility index (Phi) is 7.41. The molecule has 0 spiro atoms. The van der Waals surface area contributed by atoms with Crippen LogP contribution in [0, 0.1) is 5.92 Å². The van der Waals surface area contributed by atoms with Crippen molar-refractivity contribution in [3.8, 4) is 0 Å². The molecule has 1 saturated carbocycles. The van der Waals surface area contributed by atoms with Gasteiger partial charge < -0.3 is 5.32 Å². The smallest absolute Gasteiger partial charge is 0.333 e. The molecule has 11 heteroatoms. The van der Waals surface area contributed by atoms with Crippen molar-refractivity contribution in [2.75, 3.05) is 11.9 Å². The van der Waals surface area contributed by atoms with Gasteiger partial charge in [0.1, 0.15) is 12.1 Å². The van der Waals surface area contributed by atoms with Gasteiger partial charge in [-0.15, -0.1) is 11.3 Å². The third-order valence-electron chi connectivity index (χ3n) is 6.98. The molecule has 190 valence electrons. The molecule has 2 heterocycles. The van der Waals surface area contributed by atoms with Gasteiger partial charge in [0.05, 0.1) is 17.0 Å². The summed E-state index contributed by atoms with van der Waals surface area (Å²) in [5, 5.41) is 11.1. The van der Waals surface area contributed by atoms with E-state index in [0.717, 1.165) is 42.7 Å². The van der Waals surface area contributed by atoms with Crippen LogP contribution in [0.3, 0.4) is 0 Å². The SMILES string of the molecule is NS(=O)(=O)OCC1CC[C@H](Nc2ncncc2C(=O)c2cc(C3CCCc4ccc(Cl)cc43)cs2)C1. The third kappa shape index (κ3) is 5.78. The van der Waals surface area contributed by atoms with Crippen LogP contribution in [0.25, 0.3) is 0 Å². The maximum absolute atomic E-state index is 13.5. The standard InChI is InChI=1S/C25H27ClN4O4S2/c26-18-6-5-16-2-1-3-20(21(16)10-18)17-9-23(35-13-17)24(31)22-11-28-14-29-25(22)30-19-7-4-15(8-19)12-34-36(27,32)33/h5-6,9-11,13-15,19-20H,1-4,7-8,12H2,(H2,27,32,33)(H,28,29,30)/t15?,19-,20?/m0/s1. The van der Waals surface area contributed by atoms with Crippen LogP contribution >= 0.6 is 22.9 Å². The molecular weight excluding hydrogens is 520 g/mol. The number of carbonyl (C=O) groups excluding carboxylic acids is 1. The zero-order valence-corrected chi connectivity index (χ0v) is 21.9. The van der Waals surface area contributed by atoms with Crippen molar-refractivity contribution in [1.29, 1.82) is 0 Å². The second-order valence-electron chi connectivity index (χ2n) is 9.44. The van der Waals surface area contributed by atoms with Gasteiger partial charge in [-0.3, -0.25) is 8.98 Å². The maximum Gasteiger partial charge on any atom is 0.333 e. The molecule has 8 nitrogen and oxygen atoms in total. The number of halogens is 1. The molecule has 5 rings (SSSR count). The summed E-state index contributed by atoms with van der Waals surface area (Å²) < 4.78 is 26.9. The number of fused-ring (bicyclic) bond motifs is 1. The fourth-order valence-corrected chi connectivity index (χ4v) is 6.73. The first-order valence-electron chi connectivity index (χ1n) is 11.9. The normalized spacial score (nSPS) is 21.8. The average Bonchev–Trinajstić information content (AvgIpc) is 3.52. The van der Waals surface area contributed by atoms with Gasteiger partial charge in [-0.05, 0) is 84.7 Å². The number of carbonyl (C=O) groups is 1. The minimum atomic E-state index is -3.95. The van der Waals surface area contributed by atoms with Gasteiger partial charge in [-0.1, -0.05) is 17.7 Å². The average molecular weight is 547 g/mol. The van der Waals surface area contributed by atoms with Crippen molar-refractivity contribution in [1.82, 2.24) is 9.97 Å². The molecular formula is C25H27ClN4O4S2. The van der Waals surface area contributed by atoms with E-state index in [2.05, 4.69) is 32.8 Å². The highest BCUT2D eigenvalue weighted by atomic mass is 35.5. The lowest BCUT2D eigenvalue weighted by Gasteiger charge is -2.25. The van der Waals surface area contributed by atoms with Gasteiger partial charge in [-0.25, -0.2) is 15.1 Å². The van der Waals surface area contributed by atoms with Crippen LogP contribution in [0.5, 0.6) is 0 Å². The summed E-state index contributed by atoms with van der Waals surface area (Å²) in [5.74, 6) is 0.653. The number of nitrogens with one attached hydrogen (secondary N) is 1. The quantitative estimate of drug-likeness (QED) is 0.393. The van der Waals surface area contributed by atoms with Crippen molar-refractivity contribution in [2.24, 2.45) is 11.1 Å². The lowest BCUT2D eigenvalue weighted by molar-refractivity contribution is 0.104. The lowest BCUT2D eigenvalue weighted by atomic mass is 9.80. The molecule has 2 aliphatic carbocycles. The Bertz CT molecular complexity index is 1380. The number of nitrogens with zero attached hydrogens (tertiary/aromatic N) is 2. The monoisotopic (exact) mass is 546 g/mol. The molecule has 1 aromatic carbocycles. The second kappa shape index (κ2) is 10.5. The van der Waals surface area contributed by atoms with E-state index in [9.17, 15) is 13.2 Å². The van der Waals surface area contributed by atoms with Crippen LogP contribution < -0.4 is 10.5 Å². The fourth-order valence-electron chi connectivity index (χ4n) is 5.25. The molecule has 3 aromatic rings. The summed E-state index contributed by atoms with van der Waals surface area (Å²) in [5.41, 5.74) is 4.12. The molecule has 3 N–H and O–H groups in total. The summed E-state index contributed by atoms with van der Waals surface area (Å²) in [6, 6.07) is 8.13. The van der Waals surface area contributed by atoms with Crippen LogP contribution in [0.2, 0.25) is 5.02 Å². The summed E-state index contributed by atoms with van der Waals surface area (Å²) in [6.07, 6.45) is 8.43. The maximum atomic E-state index is 13.5. The molecule has 3 atom stereocenters. The number of rotatable bonds is 8. The Morgan fingerprint density at radius 1 is 1.25 bits per heavy atom. The molecule has 2 aromatic heterocycles. The summed E-state index contributed by atoms with van der Waals surface area (Å²) in [6.45, 7) is 0.0556. The Balaban J connectivity index is 1.30. The van der Waals surface area contributed by atoms with E-state index in [0.29, 0.717) is 22.7 Å². The minimum Gasteiger partial charge on any atom is -0.367 e. The van der Waals surface area contributed by atoms with E-state index < -0.39 is 10.3 Å². The van der Waals surface area contributed by atoms with Crippen molar-refractivity contribution in [3.63, 3.8) is 0 Å². The molecule has 0 amide bonds. The second-order valence-corrected chi connectivity index (χ2v) is 12.0. The van der Waals surface area contributed by atoms with E-state index >= 15 is 0 Å². The first-order chi connectivity index (χ1) is 17.3. The molecule has 2 aliphatic rings. The van der Waals surface area contributed by atoms with Crippen molar-refractivity contribution in [2.45, 2.75) is 50.5 Å². The van der Waals surface area contributed by atoms with E-state index in [1.165, 1.54) is 28.8 Å². The largest absolute Gasteiger partial charge is 0.367 e. The van der Waals surface area contributed by atoms with E-state index in [-0.39, 0.29) is 30.3 Å². The fraction of sp³-hybridized carbons (Fsp3) is 0.400. The number of hydrogen-bond donors (Lipinski definition) is 2. The Morgan fingerprint density at radius 2 is 2.11 bits per heavy atom. The van der Waals surface area contributed by atoms with Gasteiger partial charge in [0.25, 0.3) is 0 Å². The minimum absolute atomic E-state index is 0.0444. The third-order valence-corrected chi connectivity index (χ3v) is 8.62. The molecule has 1 fully saturated rings. The zero-order valence-electron chi connectivity index (χ0n) is 19.5. The van der Waals surface area contributed by atoms with Crippen LogP contribution in [-0.4, -0.2) is 36.8 Å². The van der Waals surface area contributed by atoms with Gasteiger partial charge in [0, 0.05) is 23.2 Å². The first kappa shape index (κ1) is 25.3. The summed E-state index contributed by atoms with van der Waals surface area (Å²) >= 11 is 7.72. The number of hydrogen-bond acceptors (Lipinski definition) is 8. The molecule has 36 heavy (non-hydrogen) atoms. The first-order valence-corrected chi connectivity index (χ1v) is 14.6. The molecule has 0 aliphatic heterocycles. The van der Waals surface area contributed by atoms with Gasteiger partial charge in [0.2, 0.25) is 5.78 Å². The van der Waals surface area contributed by atoms with Crippen molar-refractivity contribution < 1.29 is 17.4 Å². The van der Waals surface area contributed by atoms with Gasteiger partial charge >= 0.3 is 10.3 Å². The van der Waals surface area contributed by atoms with Gasteiger partial charge in [-0.2, -0.15) is 8.42 Å². The molecule has 0 saturated heterocycles. The summed E-state index contributed by atoms with van der Waals surface area (Å²) in [4.78, 5) is 22.6. The van der Waals surface area contributed by atoms with E-state index in [1.807, 2.05) is 12.1 Å². The van der Waals surface area contributed by atoms with Crippen molar-refractivity contribution in [3.05, 3.63) is 74.3 Å². The highest BCUT2D eigenvalue weighted by Gasteiger charge is 2.29. The Hall–Kier alpha value is -2.37. The van der Waals surface area contributed by atoms with E-state index in [4.69, 9.17) is 20.9 Å². The topological polar surface area (TPSA) is 124 Å². The number of aryl methyl sites for hydroxylation is 1. The van der Waals surface area contributed by atoms with Crippen LogP contribution in [-0.2, 0) is 20.9 Å². The predicted octanol–water partition coefficient (Wildman–Crippen LogP) is 4.69. The predicted molar refractivity (Wildman–Crippen MR) is 140 cm³/mol. The molecule has 0 radical (unpaired) electrons. The van der Waals surface area contributed by atoms with E-state index in [1.54, 1.807) is 6.20 Å². The number of benzene rings is 1. The lowest BCUT2D eigenvalue weighted by Crippen LogP contribution is -2.22. The number of thiophene rings is 1. The number of anilines is 1. The van der Waals surface area contributed by atoms with Crippen LogP contribution in [0.15, 0.2) is 42.2 Å². The number of ketones is 1. The Morgan fingerprint density at radius 3 is 2.94 bits per heavy atom. The number of nitrogens with two attached hydrogens (primary N) is 1. The molecule has 0 bridgehead atoms. The zero-order chi connectivity index (χ0) is 25.3. The van der Waals surface area contributed by atoms with Gasteiger partial charge in [0.15, 0.2) is 0 Å². The van der Waals surface area contributed by atoms with Crippen LogP contribution in [0.4, 0.5) is 5.82 Å². The van der Waals surface area contributed by atoms with Crippen molar-refractivity contribution >= 4 is 44.8 Å². The van der Waals surface area contributed by atoms with Crippen LogP contribution in [0.1, 0.15) is 69.9 Å². The highest BCUT2D eigenvalue weighted by molar-refractivity contribution is 7.84. The summed E-state index contributed by atoms with van der Waals surface area (Å²) in [7, 11) is -3.95.